The summed E-state index contributed by atoms with van der Waals surface area (Å²) in [6.07, 6.45) is 1.50. The van der Waals surface area contributed by atoms with Crippen LogP contribution in [0, 0.1) is 0 Å². The van der Waals surface area contributed by atoms with Gasteiger partial charge in [0, 0.05) is 5.56 Å². The normalized spacial score (nSPS) is 17.4. The van der Waals surface area contributed by atoms with Gasteiger partial charge in [0.15, 0.2) is 0 Å². The third-order valence-electron chi connectivity index (χ3n) is 4.22. The summed E-state index contributed by atoms with van der Waals surface area (Å²) in [4.78, 5) is 12.2. The highest BCUT2D eigenvalue weighted by atomic mass is 16.4. The lowest BCUT2D eigenvalue weighted by atomic mass is 9.83. The number of hydrogen-bond donors (Lipinski definition) is 2. The first-order valence-electron chi connectivity index (χ1n) is 7.15. The molecule has 21 heavy (non-hydrogen) atoms. The van der Waals surface area contributed by atoms with Crippen LogP contribution in [0.5, 0.6) is 0 Å². The minimum Gasteiger partial charge on any atom is -0.466 e. The minimum atomic E-state index is -0.880. The molecule has 4 nitrogen and oxygen atoms in total. The molecule has 2 aromatic rings. The number of fused-ring (bicyclic) bond motifs is 1. The first kappa shape index (κ1) is 13.9. The summed E-state index contributed by atoms with van der Waals surface area (Å²) >= 11 is 0. The van der Waals surface area contributed by atoms with Crippen LogP contribution >= 0.6 is 0 Å². The van der Waals surface area contributed by atoms with Gasteiger partial charge in [-0.05, 0) is 43.5 Å². The standard InChI is InChI=1S/C17H19NO3/c1-4-10-8-11(15(19)13-6-5-7-21-13)14-12(9-10)17(2,3)16(20)18-14/h5-9,15,19H,4H2,1-3H3,(H,18,20). The van der Waals surface area contributed by atoms with Crippen LogP contribution in [-0.4, -0.2) is 11.0 Å². The van der Waals surface area contributed by atoms with Gasteiger partial charge in [-0.3, -0.25) is 4.79 Å². The molecular formula is C17H19NO3. The molecule has 1 atom stereocenters. The molecule has 1 amide bonds. The molecule has 0 aliphatic carbocycles. The maximum atomic E-state index is 12.2. The Morgan fingerprint density at radius 2 is 2.14 bits per heavy atom. The van der Waals surface area contributed by atoms with E-state index in [4.69, 9.17) is 4.42 Å². The van der Waals surface area contributed by atoms with Crippen LogP contribution in [0.1, 0.15) is 49.3 Å². The lowest BCUT2D eigenvalue weighted by Gasteiger charge is -2.18. The van der Waals surface area contributed by atoms with Crippen LogP contribution in [-0.2, 0) is 16.6 Å². The Labute approximate surface area is 123 Å². The molecule has 1 aromatic heterocycles. The average Bonchev–Trinajstić information content (AvgIpc) is 3.06. The van der Waals surface area contributed by atoms with E-state index in [1.165, 1.54) is 6.26 Å². The zero-order valence-corrected chi connectivity index (χ0v) is 12.4. The van der Waals surface area contributed by atoms with E-state index in [-0.39, 0.29) is 5.91 Å². The van der Waals surface area contributed by atoms with Crippen molar-refractivity contribution in [2.45, 2.75) is 38.7 Å². The Morgan fingerprint density at radius 1 is 1.38 bits per heavy atom. The quantitative estimate of drug-likeness (QED) is 0.910. The third-order valence-corrected chi connectivity index (χ3v) is 4.22. The van der Waals surface area contributed by atoms with Crippen molar-refractivity contribution in [3.05, 3.63) is 53.0 Å². The highest BCUT2D eigenvalue weighted by Crippen LogP contribution is 2.43. The Bertz CT molecular complexity index is 686. The fourth-order valence-corrected chi connectivity index (χ4v) is 2.77. The SMILES string of the molecule is CCc1cc(C(O)c2ccco2)c2c(c1)C(C)(C)C(=O)N2. The highest BCUT2D eigenvalue weighted by Gasteiger charge is 2.40. The number of amides is 1. The van der Waals surface area contributed by atoms with E-state index in [9.17, 15) is 9.90 Å². The van der Waals surface area contributed by atoms with Gasteiger partial charge >= 0.3 is 0 Å². The molecule has 0 saturated carbocycles. The first-order chi connectivity index (χ1) is 9.95. The average molecular weight is 285 g/mol. The van der Waals surface area contributed by atoms with Crippen LogP contribution in [0.25, 0.3) is 0 Å². The van der Waals surface area contributed by atoms with Gasteiger partial charge in [0.25, 0.3) is 0 Å². The molecule has 0 bridgehead atoms. The number of aliphatic hydroxyl groups excluding tert-OH is 1. The number of hydrogen-bond acceptors (Lipinski definition) is 3. The number of benzene rings is 1. The van der Waals surface area contributed by atoms with Gasteiger partial charge in [-0.15, -0.1) is 0 Å². The van der Waals surface area contributed by atoms with Crippen molar-refractivity contribution in [2.75, 3.05) is 5.32 Å². The van der Waals surface area contributed by atoms with E-state index >= 15 is 0 Å². The number of nitrogens with one attached hydrogen (secondary N) is 1. The Morgan fingerprint density at radius 3 is 2.76 bits per heavy atom. The van der Waals surface area contributed by atoms with Crippen molar-refractivity contribution in [2.24, 2.45) is 0 Å². The number of carbonyl (C=O) groups is 1. The molecule has 2 heterocycles. The number of aryl methyl sites for hydroxylation is 1. The predicted octanol–water partition coefficient (Wildman–Crippen LogP) is 3.15. The van der Waals surface area contributed by atoms with Gasteiger partial charge in [-0.2, -0.15) is 0 Å². The maximum absolute atomic E-state index is 12.2. The van der Waals surface area contributed by atoms with Gasteiger partial charge in [0.2, 0.25) is 5.91 Å². The van der Waals surface area contributed by atoms with Crippen LogP contribution in [0.15, 0.2) is 34.9 Å². The van der Waals surface area contributed by atoms with Crippen molar-refractivity contribution in [1.29, 1.82) is 0 Å². The molecule has 0 spiro atoms. The Balaban J connectivity index is 2.18. The number of rotatable bonds is 3. The summed E-state index contributed by atoms with van der Waals surface area (Å²) in [6, 6.07) is 7.46. The Hall–Kier alpha value is -2.07. The molecule has 0 fully saturated rings. The van der Waals surface area contributed by atoms with E-state index in [2.05, 4.69) is 12.2 Å². The molecule has 0 radical (unpaired) electrons. The number of aliphatic hydroxyl groups is 1. The largest absolute Gasteiger partial charge is 0.466 e. The summed E-state index contributed by atoms with van der Waals surface area (Å²) in [5.41, 5.74) is 2.86. The van der Waals surface area contributed by atoms with E-state index in [0.29, 0.717) is 17.0 Å². The van der Waals surface area contributed by atoms with Crippen molar-refractivity contribution in [3.63, 3.8) is 0 Å². The van der Waals surface area contributed by atoms with Crippen molar-refractivity contribution in [1.82, 2.24) is 0 Å². The van der Waals surface area contributed by atoms with E-state index in [1.807, 2.05) is 26.0 Å². The number of furan rings is 1. The van der Waals surface area contributed by atoms with Gasteiger partial charge in [0.05, 0.1) is 17.4 Å². The summed E-state index contributed by atoms with van der Waals surface area (Å²) in [5, 5.41) is 13.5. The summed E-state index contributed by atoms with van der Waals surface area (Å²) in [5.74, 6) is 0.433. The number of carbonyl (C=O) groups excluding carboxylic acids is 1. The van der Waals surface area contributed by atoms with Crippen molar-refractivity contribution in [3.8, 4) is 0 Å². The van der Waals surface area contributed by atoms with E-state index in [1.54, 1.807) is 12.1 Å². The minimum absolute atomic E-state index is 0.0429. The molecule has 1 aromatic carbocycles. The van der Waals surface area contributed by atoms with Gasteiger partial charge in [-0.1, -0.05) is 19.1 Å². The van der Waals surface area contributed by atoms with Gasteiger partial charge in [-0.25, -0.2) is 0 Å². The summed E-state index contributed by atoms with van der Waals surface area (Å²) in [6.45, 7) is 5.86. The molecule has 1 aliphatic heterocycles. The zero-order valence-electron chi connectivity index (χ0n) is 12.4. The molecule has 2 N–H and O–H groups in total. The molecule has 1 unspecified atom stereocenters. The second-order valence-electron chi connectivity index (χ2n) is 5.96. The van der Waals surface area contributed by atoms with Crippen LogP contribution in [0.2, 0.25) is 0 Å². The first-order valence-corrected chi connectivity index (χ1v) is 7.15. The molecule has 0 saturated heterocycles. The molecule has 4 heteroatoms. The molecular weight excluding hydrogens is 266 g/mol. The second-order valence-corrected chi connectivity index (χ2v) is 5.96. The monoisotopic (exact) mass is 285 g/mol. The predicted molar refractivity (Wildman–Crippen MR) is 80.2 cm³/mol. The van der Waals surface area contributed by atoms with Crippen molar-refractivity contribution < 1.29 is 14.3 Å². The van der Waals surface area contributed by atoms with Gasteiger partial charge in [0.1, 0.15) is 11.9 Å². The molecule has 110 valence electrons. The van der Waals surface area contributed by atoms with Crippen LogP contribution in [0.4, 0.5) is 5.69 Å². The smallest absolute Gasteiger partial charge is 0.234 e. The van der Waals surface area contributed by atoms with Gasteiger partial charge < -0.3 is 14.8 Å². The van der Waals surface area contributed by atoms with Crippen LogP contribution in [0.3, 0.4) is 0 Å². The van der Waals surface area contributed by atoms with Crippen molar-refractivity contribution >= 4 is 11.6 Å². The maximum Gasteiger partial charge on any atom is 0.234 e. The van der Waals surface area contributed by atoms with E-state index < -0.39 is 11.5 Å². The lowest BCUT2D eigenvalue weighted by molar-refractivity contribution is -0.119. The summed E-state index contributed by atoms with van der Waals surface area (Å²) < 4.78 is 5.30. The Kier molecular flexibility index (Phi) is 3.14. The summed E-state index contributed by atoms with van der Waals surface area (Å²) in [7, 11) is 0. The fourth-order valence-electron chi connectivity index (χ4n) is 2.77. The molecule has 3 rings (SSSR count). The third kappa shape index (κ3) is 2.07. The zero-order chi connectivity index (χ0) is 15.2. The molecule has 1 aliphatic rings. The van der Waals surface area contributed by atoms with Crippen LogP contribution < -0.4 is 5.32 Å². The second kappa shape index (κ2) is 4.74. The fraction of sp³-hybridized carbons (Fsp3) is 0.353. The van der Waals surface area contributed by atoms with E-state index in [0.717, 1.165) is 17.5 Å². The highest BCUT2D eigenvalue weighted by molar-refractivity contribution is 6.06. The number of anilines is 1. The topological polar surface area (TPSA) is 62.5 Å². The lowest BCUT2D eigenvalue weighted by Crippen LogP contribution is -2.26.